The van der Waals surface area contributed by atoms with Crippen LogP contribution in [0.5, 0.6) is 5.75 Å². The summed E-state index contributed by atoms with van der Waals surface area (Å²) in [6.45, 7) is 8.14. The predicted molar refractivity (Wildman–Crippen MR) is 105 cm³/mol. The van der Waals surface area contributed by atoms with Crippen molar-refractivity contribution in [3.05, 3.63) is 65.2 Å². The number of carboxylic acids is 1. The summed E-state index contributed by atoms with van der Waals surface area (Å²) in [5.74, 6) is -0.735. The summed E-state index contributed by atoms with van der Waals surface area (Å²) in [5, 5.41) is 12.0. The normalized spacial score (nSPS) is 12.3. The molecule has 0 bridgehead atoms. The molecular formula is C22H27NO4. The van der Waals surface area contributed by atoms with Gasteiger partial charge in [-0.15, -0.1) is 0 Å². The van der Waals surface area contributed by atoms with Crippen LogP contribution in [-0.2, 0) is 15.0 Å². The molecule has 144 valence electrons. The number of hydrogen-bond donors (Lipinski definition) is 2. The fourth-order valence-electron chi connectivity index (χ4n) is 2.66. The summed E-state index contributed by atoms with van der Waals surface area (Å²) in [7, 11) is 0. The topological polar surface area (TPSA) is 75.6 Å². The minimum atomic E-state index is -0.973. The standard InChI is InChI=1S/C22H27NO4/c1-15-5-11-18(12-6-15)27-14-20(24)23-19(13-21(25)26)16-7-9-17(10-8-16)22(2,3)4/h5-12,19H,13-14H2,1-4H3,(H,23,24)(H,25,26)/t19-/m1/s1. The monoisotopic (exact) mass is 369 g/mol. The van der Waals surface area contributed by atoms with Gasteiger partial charge in [-0.2, -0.15) is 0 Å². The maximum absolute atomic E-state index is 12.2. The Hall–Kier alpha value is -2.82. The first kappa shape index (κ1) is 20.5. The van der Waals surface area contributed by atoms with E-state index in [1.54, 1.807) is 12.1 Å². The Kier molecular flexibility index (Phi) is 6.61. The van der Waals surface area contributed by atoms with Crippen LogP contribution in [-0.4, -0.2) is 23.6 Å². The Balaban J connectivity index is 2.03. The Morgan fingerprint density at radius 3 is 2.15 bits per heavy atom. The van der Waals surface area contributed by atoms with Gasteiger partial charge in [0, 0.05) is 0 Å². The first-order valence-electron chi connectivity index (χ1n) is 8.96. The zero-order valence-electron chi connectivity index (χ0n) is 16.3. The van der Waals surface area contributed by atoms with Crippen LogP contribution in [0, 0.1) is 6.92 Å². The van der Waals surface area contributed by atoms with Crippen LogP contribution in [0.3, 0.4) is 0 Å². The molecule has 2 N–H and O–H groups in total. The third kappa shape index (κ3) is 6.44. The molecular weight excluding hydrogens is 342 g/mol. The van der Waals surface area contributed by atoms with Gasteiger partial charge in [-0.25, -0.2) is 0 Å². The number of nitrogens with one attached hydrogen (secondary N) is 1. The molecule has 0 saturated heterocycles. The summed E-state index contributed by atoms with van der Waals surface area (Å²) in [6, 6.07) is 14.5. The third-order valence-corrected chi connectivity index (χ3v) is 4.28. The van der Waals surface area contributed by atoms with E-state index < -0.39 is 12.0 Å². The minimum absolute atomic E-state index is 0.00590. The Morgan fingerprint density at radius 1 is 1.04 bits per heavy atom. The summed E-state index contributed by atoms with van der Waals surface area (Å²) >= 11 is 0. The second kappa shape index (κ2) is 8.71. The van der Waals surface area contributed by atoms with Crippen LogP contribution in [0.4, 0.5) is 0 Å². The molecule has 27 heavy (non-hydrogen) atoms. The van der Waals surface area contributed by atoms with Gasteiger partial charge in [-0.1, -0.05) is 62.7 Å². The molecule has 1 amide bonds. The van der Waals surface area contributed by atoms with E-state index in [4.69, 9.17) is 4.74 Å². The molecule has 0 heterocycles. The SMILES string of the molecule is Cc1ccc(OCC(=O)N[C@H](CC(=O)O)c2ccc(C(C)(C)C)cc2)cc1. The third-order valence-electron chi connectivity index (χ3n) is 4.28. The number of carboxylic acid groups (broad SMARTS) is 1. The maximum atomic E-state index is 12.2. The number of ether oxygens (including phenoxy) is 1. The fraction of sp³-hybridized carbons (Fsp3) is 0.364. The van der Waals surface area contributed by atoms with Gasteiger partial charge in [-0.3, -0.25) is 9.59 Å². The molecule has 2 rings (SSSR count). The average Bonchev–Trinajstić information content (AvgIpc) is 2.60. The van der Waals surface area contributed by atoms with Gasteiger partial charge in [0.05, 0.1) is 12.5 Å². The first-order chi connectivity index (χ1) is 12.6. The second-order valence-corrected chi connectivity index (χ2v) is 7.69. The van der Waals surface area contributed by atoms with E-state index in [2.05, 4.69) is 26.1 Å². The number of carbonyl (C=O) groups is 2. The van der Waals surface area contributed by atoms with E-state index in [0.29, 0.717) is 5.75 Å². The van der Waals surface area contributed by atoms with Crippen molar-refractivity contribution < 1.29 is 19.4 Å². The summed E-state index contributed by atoms with van der Waals surface area (Å²) in [5.41, 5.74) is 3.02. The zero-order valence-corrected chi connectivity index (χ0v) is 16.3. The van der Waals surface area contributed by atoms with Gasteiger partial charge in [0.2, 0.25) is 0 Å². The lowest BCUT2D eigenvalue weighted by Gasteiger charge is -2.22. The van der Waals surface area contributed by atoms with Crippen molar-refractivity contribution in [3.8, 4) is 5.75 Å². The van der Waals surface area contributed by atoms with Crippen LogP contribution in [0.15, 0.2) is 48.5 Å². The van der Waals surface area contributed by atoms with Gasteiger partial charge < -0.3 is 15.2 Å². The molecule has 5 heteroatoms. The van der Waals surface area contributed by atoms with E-state index in [1.165, 1.54) is 0 Å². The van der Waals surface area contributed by atoms with E-state index in [1.807, 2.05) is 43.3 Å². The molecule has 0 saturated carbocycles. The molecule has 0 spiro atoms. The minimum Gasteiger partial charge on any atom is -0.484 e. The molecule has 0 aliphatic heterocycles. The van der Waals surface area contributed by atoms with Crippen LogP contribution < -0.4 is 10.1 Å². The Morgan fingerprint density at radius 2 is 1.63 bits per heavy atom. The van der Waals surface area contributed by atoms with Gasteiger partial charge in [-0.05, 0) is 35.6 Å². The molecule has 0 unspecified atom stereocenters. The van der Waals surface area contributed by atoms with Crippen molar-refractivity contribution in [3.63, 3.8) is 0 Å². The molecule has 0 radical (unpaired) electrons. The number of carbonyl (C=O) groups excluding carboxylic acids is 1. The van der Waals surface area contributed by atoms with Crippen molar-refractivity contribution >= 4 is 11.9 Å². The van der Waals surface area contributed by atoms with Crippen molar-refractivity contribution in [2.24, 2.45) is 0 Å². The highest BCUT2D eigenvalue weighted by Gasteiger charge is 2.20. The van der Waals surface area contributed by atoms with Gasteiger partial charge in [0.1, 0.15) is 5.75 Å². The average molecular weight is 369 g/mol. The second-order valence-electron chi connectivity index (χ2n) is 7.69. The number of amides is 1. The number of aliphatic carboxylic acids is 1. The number of rotatable bonds is 7. The summed E-state index contributed by atoms with van der Waals surface area (Å²) in [6.07, 6.45) is -0.189. The van der Waals surface area contributed by atoms with Crippen LogP contribution >= 0.6 is 0 Å². The molecule has 5 nitrogen and oxygen atoms in total. The highest BCUT2D eigenvalue weighted by atomic mass is 16.5. The van der Waals surface area contributed by atoms with Crippen LogP contribution in [0.2, 0.25) is 0 Å². The van der Waals surface area contributed by atoms with Gasteiger partial charge in [0.25, 0.3) is 5.91 Å². The van der Waals surface area contributed by atoms with Crippen molar-refractivity contribution in [1.82, 2.24) is 5.32 Å². The molecule has 0 aliphatic carbocycles. The quantitative estimate of drug-likeness (QED) is 0.773. The van der Waals surface area contributed by atoms with Crippen LogP contribution in [0.25, 0.3) is 0 Å². The smallest absolute Gasteiger partial charge is 0.305 e. The van der Waals surface area contributed by atoms with E-state index >= 15 is 0 Å². The largest absolute Gasteiger partial charge is 0.484 e. The lowest BCUT2D eigenvalue weighted by Crippen LogP contribution is -2.34. The van der Waals surface area contributed by atoms with E-state index in [-0.39, 0.29) is 24.3 Å². The molecule has 0 fully saturated rings. The number of benzene rings is 2. The van der Waals surface area contributed by atoms with Crippen molar-refractivity contribution in [2.75, 3.05) is 6.61 Å². The van der Waals surface area contributed by atoms with Gasteiger partial charge in [0.15, 0.2) is 6.61 Å². The Labute approximate surface area is 160 Å². The summed E-state index contributed by atoms with van der Waals surface area (Å²) < 4.78 is 5.47. The lowest BCUT2D eigenvalue weighted by atomic mass is 9.86. The highest BCUT2D eigenvalue weighted by Crippen LogP contribution is 2.25. The fourth-order valence-corrected chi connectivity index (χ4v) is 2.66. The van der Waals surface area contributed by atoms with Gasteiger partial charge >= 0.3 is 5.97 Å². The number of aryl methyl sites for hydroxylation is 1. The maximum Gasteiger partial charge on any atom is 0.305 e. The lowest BCUT2D eigenvalue weighted by molar-refractivity contribution is -0.137. The van der Waals surface area contributed by atoms with Crippen molar-refractivity contribution in [2.45, 2.75) is 45.6 Å². The molecule has 0 aliphatic rings. The molecule has 0 aromatic heterocycles. The zero-order chi connectivity index (χ0) is 20.0. The molecule has 1 atom stereocenters. The highest BCUT2D eigenvalue weighted by molar-refractivity contribution is 5.79. The first-order valence-corrected chi connectivity index (χ1v) is 8.96. The molecule has 2 aromatic carbocycles. The molecule has 2 aromatic rings. The number of hydrogen-bond acceptors (Lipinski definition) is 3. The predicted octanol–water partition coefficient (Wildman–Crippen LogP) is 4.00. The van der Waals surface area contributed by atoms with Crippen molar-refractivity contribution in [1.29, 1.82) is 0 Å². The Bertz CT molecular complexity index is 773. The van der Waals surface area contributed by atoms with Crippen LogP contribution in [0.1, 0.15) is 49.9 Å². The van der Waals surface area contributed by atoms with E-state index in [0.717, 1.165) is 16.7 Å². The summed E-state index contributed by atoms with van der Waals surface area (Å²) in [4.78, 5) is 23.5. The van der Waals surface area contributed by atoms with E-state index in [9.17, 15) is 14.7 Å².